The fourth-order valence-electron chi connectivity index (χ4n) is 3.45. The Labute approximate surface area is 160 Å². The highest BCUT2D eigenvalue weighted by molar-refractivity contribution is 8.00. The molecule has 1 aliphatic carbocycles. The molecule has 7 heteroatoms. The molecular weight excluding hydrogens is 344 g/mol. The van der Waals surface area contributed by atoms with E-state index in [0.29, 0.717) is 6.54 Å². The first kappa shape index (κ1) is 18.8. The second-order valence-electron chi connectivity index (χ2n) is 6.86. The summed E-state index contributed by atoms with van der Waals surface area (Å²) in [6.45, 7) is 1.59. The molecule has 1 aromatic heterocycles. The molecule has 0 saturated heterocycles. The second kappa shape index (κ2) is 8.58. The molecule has 0 aliphatic heterocycles. The van der Waals surface area contributed by atoms with Gasteiger partial charge in [0.1, 0.15) is 12.2 Å². The lowest BCUT2D eigenvalue weighted by molar-refractivity contribution is 0.442. The molecule has 0 radical (unpaired) electrons. The van der Waals surface area contributed by atoms with E-state index >= 15 is 0 Å². The van der Waals surface area contributed by atoms with Crippen molar-refractivity contribution in [1.29, 1.82) is 0 Å². The smallest absolute Gasteiger partial charge is 0.193 e. The van der Waals surface area contributed by atoms with Crippen molar-refractivity contribution in [3.63, 3.8) is 0 Å². The summed E-state index contributed by atoms with van der Waals surface area (Å²) in [6, 6.07) is 10.7. The molecule has 1 aromatic carbocycles. The number of aromatic nitrogens is 3. The predicted molar refractivity (Wildman–Crippen MR) is 107 cm³/mol. The first-order chi connectivity index (χ1) is 12.6. The third-order valence-electron chi connectivity index (χ3n) is 4.92. The van der Waals surface area contributed by atoms with E-state index in [1.807, 2.05) is 32.9 Å². The number of aryl methyl sites for hydroxylation is 1. The SMILES string of the molecule is CN=C(NCC1(Sc2ccccc2)CCCC1)N(C)Cc1ncnn1C. The Balaban J connectivity index is 1.63. The van der Waals surface area contributed by atoms with Crippen LogP contribution < -0.4 is 5.32 Å². The molecular formula is C19H28N6S. The minimum absolute atomic E-state index is 0.239. The molecule has 1 N–H and O–H groups in total. The van der Waals surface area contributed by atoms with E-state index in [1.54, 1.807) is 11.0 Å². The molecule has 1 heterocycles. The number of nitrogens with one attached hydrogen (secondary N) is 1. The summed E-state index contributed by atoms with van der Waals surface area (Å²) in [6.07, 6.45) is 6.67. The number of thioether (sulfide) groups is 1. The van der Waals surface area contributed by atoms with Crippen LogP contribution in [0.1, 0.15) is 31.5 Å². The zero-order valence-electron chi connectivity index (χ0n) is 15.9. The topological polar surface area (TPSA) is 58.3 Å². The Morgan fingerprint density at radius 2 is 2.04 bits per heavy atom. The van der Waals surface area contributed by atoms with E-state index < -0.39 is 0 Å². The maximum Gasteiger partial charge on any atom is 0.193 e. The second-order valence-corrected chi connectivity index (χ2v) is 8.40. The van der Waals surface area contributed by atoms with Gasteiger partial charge in [-0.25, -0.2) is 4.98 Å². The summed E-state index contributed by atoms with van der Waals surface area (Å²) >= 11 is 2.01. The van der Waals surface area contributed by atoms with Gasteiger partial charge in [0.05, 0.1) is 6.54 Å². The molecule has 0 spiro atoms. The van der Waals surface area contributed by atoms with Crippen LogP contribution in [0.5, 0.6) is 0 Å². The van der Waals surface area contributed by atoms with Crippen molar-refractivity contribution in [1.82, 2.24) is 25.0 Å². The van der Waals surface area contributed by atoms with Crippen LogP contribution in [-0.2, 0) is 13.6 Å². The monoisotopic (exact) mass is 372 g/mol. The highest BCUT2D eigenvalue weighted by atomic mass is 32.2. The first-order valence-corrected chi connectivity index (χ1v) is 9.92. The number of benzene rings is 1. The van der Waals surface area contributed by atoms with Gasteiger partial charge in [-0.15, -0.1) is 11.8 Å². The van der Waals surface area contributed by atoms with Gasteiger partial charge in [0, 0.05) is 37.3 Å². The largest absolute Gasteiger partial charge is 0.355 e. The molecule has 2 aromatic rings. The van der Waals surface area contributed by atoms with Crippen molar-refractivity contribution in [2.45, 2.75) is 41.9 Å². The average molecular weight is 373 g/mol. The molecule has 140 valence electrons. The number of guanidine groups is 1. The van der Waals surface area contributed by atoms with Crippen molar-refractivity contribution in [3.05, 3.63) is 42.5 Å². The molecule has 1 saturated carbocycles. The van der Waals surface area contributed by atoms with Gasteiger partial charge in [0.2, 0.25) is 0 Å². The highest BCUT2D eigenvalue weighted by Crippen LogP contribution is 2.44. The summed E-state index contributed by atoms with van der Waals surface area (Å²) in [5.74, 6) is 1.82. The van der Waals surface area contributed by atoms with Gasteiger partial charge >= 0.3 is 0 Å². The summed E-state index contributed by atoms with van der Waals surface area (Å²) in [5.41, 5.74) is 0. The number of nitrogens with zero attached hydrogens (tertiary/aromatic N) is 5. The van der Waals surface area contributed by atoms with E-state index in [9.17, 15) is 0 Å². The lowest BCUT2D eigenvalue weighted by Crippen LogP contribution is -2.45. The summed E-state index contributed by atoms with van der Waals surface area (Å²) in [7, 11) is 5.78. The standard InChI is InChI=1S/C19H28N6S/c1-20-18(24(2)13-17-22-15-23-25(17)3)21-14-19(11-7-8-12-19)26-16-9-5-4-6-10-16/h4-6,9-10,15H,7-8,11-14H2,1-3H3,(H,20,21). The van der Waals surface area contributed by atoms with Crippen molar-refractivity contribution in [2.75, 3.05) is 20.6 Å². The minimum Gasteiger partial charge on any atom is -0.355 e. The van der Waals surface area contributed by atoms with Crippen LogP contribution in [0, 0.1) is 0 Å². The van der Waals surface area contributed by atoms with Crippen LogP contribution in [0.4, 0.5) is 0 Å². The fourth-order valence-corrected chi connectivity index (χ4v) is 4.88. The van der Waals surface area contributed by atoms with Crippen molar-refractivity contribution in [2.24, 2.45) is 12.0 Å². The molecule has 26 heavy (non-hydrogen) atoms. The minimum atomic E-state index is 0.239. The Morgan fingerprint density at radius 3 is 2.65 bits per heavy atom. The molecule has 0 bridgehead atoms. The quantitative estimate of drug-likeness (QED) is 0.624. The molecule has 1 fully saturated rings. The zero-order valence-corrected chi connectivity index (χ0v) is 16.7. The first-order valence-electron chi connectivity index (χ1n) is 9.11. The average Bonchev–Trinajstić information content (AvgIpc) is 3.26. The van der Waals surface area contributed by atoms with Gasteiger partial charge in [0.25, 0.3) is 0 Å². The number of rotatable bonds is 6. The molecule has 0 unspecified atom stereocenters. The van der Waals surface area contributed by atoms with Crippen molar-refractivity contribution < 1.29 is 0 Å². The van der Waals surface area contributed by atoms with Gasteiger partial charge in [-0.2, -0.15) is 5.10 Å². The van der Waals surface area contributed by atoms with Crippen LogP contribution in [0.15, 0.2) is 46.5 Å². The molecule has 0 amide bonds. The van der Waals surface area contributed by atoms with Gasteiger partial charge in [-0.05, 0) is 25.0 Å². The Kier molecular flexibility index (Phi) is 6.19. The van der Waals surface area contributed by atoms with Crippen LogP contribution in [-0.4, -0.2) is 51.0 Å². The third kappa shape index (κ3) is 4.58. The molecule has 0 atom stereocenters. The van der Waals surface area contributed by atoms with E-state index in [4.69, 9.17) is 0 Å². The Bertz CT molecular complexity index is 721. The number of aliphatic imine (C=N–C) groups is 1. The molecule has 6 nitrogen and oxygen atoms in total. The lowest BCUT2D eigenvalue weighted by atomic mass is 10.1. The van der Waals surface area contributed by atoms with Crippen molar-refractivity contribution in [3.8, 4) is 0 Å². The third-order valence-corrected chi connectivity index (χ3v) is 6.41. The molecule has 3 rings (SSSR count). The van der Waals surface area contributed by atoms with Gasteiger partial charge in [-0.1, -0.05) is 31.0 Å². The number of hydrogen-bond acceptors (Lipinski definition) is 4. The van der Waals surface area contributed by atoms with Crippen LogP contribution in [0.3, 0.4) is 0 Å². The van der Waals surface area contributed by atoms with Gasteiger partial charge in [0.15, 0.2) is 5.96 Å². The van der Waals surface area contributed by atoms with E-state index in [2.05, 4.69) is 55.6 Å². The Morgan fingerprint density at radius 1 is 1.31 bits per heavy atom. The zero-order chi connectivity index (χ0) is 18.4. The van der Waals surface area contributed by atoms with Crippen LogP contribution >= 0.6 is 11.8 Å². The summed E-state index contributed by atoms with van der Waals surface area (Å²) in [5, 5.41) is 7.74. The molecule has 1 aliphatic rings. The van der Waals surface area contributed by atoms with Crippen molar-refractivity contribution >= 4 is 17.7 Å². The normalized spacial score (nSPS) is 16.7. The fraction of sp³-hybridized carbons (Fsp3) is 0.526. The van der Waals surface area contributed by atoms with Crippen LogP contribution in [0.25, 0.3) is 0 Å². The number of hydrogen-bond donors (Lipinski definition) is 1. The maximum atomic E-state index is 4.46. The van der Waals surface area contributed by atoms with Gasteiger partial charge < -0.3 is 10.2 Å². The van der Waals surface area contributed by atoms with E-state index in [0.717, 1.165) is 18.3 Å². The summed E-state index contributed by atoms with van der Waals surface area (Å²) < 4.78 is 2.04. The van der Waals surface area contributed by atoms with Gasteiger partial charge in [-0.3, -0.25) is 9.67 Å². The maximum absolute atomic E-state index is 4.46. The van der Waals surface area contributed by atoms with E-state index in [1.165, 1.54) is 30.6 Å². The lowest BCUT2D eigenvalue weighted by Gasteiger charge is -2.31. The Hall–Kier alpha value is -2.02. The van der Waals surface area contributed by atoms with E-state index in [-0.39, 0.29) is 4.75 Å². The summed E-state index contributed by atoms with van der Waals surface area (Å²) in [4.78, 5) is 12.2. The predicted octanol–water partition coefficient (Wildman–Crippen LogP) is 2.93. The van der Waals surface area contributed by atoms with Crippen LogP contribution in [0.2, 0.25) is 0 Å². The highest BCUT2D eigenvalue weighted by Gasteiger charge is 2.35.